The largest absolute Gasteiger partial charge is 0.481 e. The van der Waals surface area contributed by atoms with Crippen LogP contribution in [0, 0.1) is 18.7 Å². The van der Waals surface area contributed by atoms with Crippen LogP contribution >= 0.6 is 0 Å². The van der Waals surface area contributed by atoms with Crippen LogP contribution in [-0.2, 0) is 11.8 Å². The molecule has 2 aromatic heterocycles. The van der Waals surface area contributed by atoms with Gasteiger partial charge in [-0.25, -0.2) is 9.37 Å². The van der Waals surface area contributed by atoms with Crippen LogP contribution in [0.25, 0.3) is 0 Å². The van der Waals surface area contributed by atoms with Gasteiger partial charge in [0.15, 0.2) is 0 Å². The van der Waals surface area contributed by atoms with Gasteiger partial charge >= 0.3 is 0 Å². The van der Waals surface area contributed by atoms with E-state index in [2.05, 4.69) is 26.0 Å². The Bertz CT molecular complexity index is 1240. The lowest BCUT2D eigenvalue weighted by Gasteiger charge is -2.21. The number of ether oxygens (including phenoxy) is 1. The van der Waals surface area contributed by atoms with Gasteiger partial charge in [-0.05, 0) is 43.5 Å². The van der Waals surface area contributed by atoms with Gasteiger partial charge in [-0.2, -0.15) is 5.10 Å². The minimum absolute atomic E-state index is 0.127. The van der Waals surface area contributed by atoms with Gasteiger partial charge in [0.2, 0.25) is 11.8 Å². The maximum atomic E-state index is 14.6. The molecule has 1 atom stereocenters. The summed E-state index contributed by atoms with van der Waals surface area (Å²) in [6, 6.07) is 6.71. The summed E-state index contributed by atoms with van der Waals surface area (Å²) in [4.78, 5) is 30.5. The third-order valence-electron chi connectivity index (χ3n) is 6.28. The Morgan fingerprint density at radius 2 is 1.97 bits per heavy atom. The number of aryl methyl sites for hydroxylation is 2. The highest BCUT2D eigenvalue weighted by Gasteiger charge is 2.27. The van der Waals surface area contributed by atoms with Gasteiger partial charge in [-0.15, -0.1) is 0 Å². The first kappa shape index (κ1) is 25.2. The van der Waals surface area contributed by atoms with Gasteiger partial charge in [-0.1, -0.05) is 25.7 Å². The summed E-state index contributed by atoms with van der Waals surface area (Å²) in [5.41, 5.74) is 2.19. The fourth-order valence-electron chi connectivity index (χ4n) is 4.50. The quantitative estimate of drug-likeness (QED) is 0.408. The molecule has 3 N–H and O–H groups in total. The van der Waals surface area contributed by atoms with E-state index in [1.165, 1.54) is 25.3 Å². The van der Waals surface area contributed by atoms with E-state index in [1.54, 1.807) is 43.2 Å². The van der Waals surface area contributed by atoms with Crippen LogP contribution in [0.3, 0.4) is 0 Å². The number of halogens is 1. The average molecular weight is 495 g/mol. The number of hydrogen-bond donors (Lipinski definition) is 3. The summed E-state index contributed by atoms with van der Waals surface area (Å²) in [6.07, 6.45) is 8.11. The second-order valence-corrected chi connectivity index (χ2v) is 9.16. The lowest BCUT2D eigenvalue weighted by atomic mass is 9.97. The molecule has 1 aliphatic rings. The van der Waals surface area contributed by atoms with Crippen molar-refractivity contribution in [3.8, 4) is 5.88 Å². The molecule has 3 aromatic rings. The molecule has 4 rings (SSSR count). The van der Waals surface area contributed by atoms with Crippen molar-refractivity contribution in [2.75, 3.05) is 17.7 Å². The number of nitrogens with one attached hydrogen (secondary N) is 3. The van der Waals surface area contributed by atoms with Gasteiger partial charge < -0.3 is 20.7 Å². The Morgan fingerprint density at radius 3 is 2.67 bits per heavy atom. The first-order chi connectivity index (χ1) is 17.3. The van der Waals surface area contributed by atoms with Crippen molar-refractivity contribution in [3.63, 3.8) is 0 Å². The molecule has 0 saturated heterocycles. The number of nitrogens with zero attached hydrogens (tertiary/aromatic N) is 3. The van der Waals surface area contributed by atoms with Gasteiger partial charge in [0, 0.05) is 36.3 Å². The number of carbonyl (C=O) groups is 2. The normalized spacial score (nSPS) is 14.3. The number of amides is 2. The minimum Gasteiger partial charge on any atom is -0.481 e. The highest BCUT2D eigenvalue weighted by Crippen LogP contribution is 2.29. The van der Waals surface area contributed by atoms with Gasteiger partial charge in [-0.3, -0.25) is 14.3 Å². The lowest BCUT2D eigenvalue weighted by Crippen LogP contribution is -2.44. The summed E-state index contributed by atoms with van der Waals surface area (Å²) in [6.45, 7) is 1.80. The number of methoxy groups -OCH3 is 1. The second kappa shape index (κ2) is 11.2. The molecule has 0 unspecified atom stereocenters. The first-order valence-electron chi connectivity index (χ1n) is 12.0. The van der Waals surface area contributed by atoms with Crippen molar-refractivity contribution in [1.82, 2.24) is 20.1 Å². The number of benzene rings is 1. The van der Waals surface area contributed by atoms with Gasteiger partial charge in [0.25, 0.3) is 5.91 Å². The predicted molar refractivity (Wildman–Crippen MR) is 135 cm³/mol. The van der Waals surface area contributed by atoms with Crippen molar-refractivity contribution in [1.29, 1.82) is 0 Å². The van der Waals surface area contributed by atoms with Crippen molar-refractivity contribution in [2.24, 2.45) is 13.0 Å². The van der Waals surface area contributed by atoms with E-state index in [0.717, 1.165) is 25.7 Å². The Balaban J connectivity index is 1.51. The molecule has 190 valence electrons. The van der Waals surface area contributed by atoms with Crippen LogP contribution in [0.2, 0.25) is 0 Å². The van der Waals surface area contributed by atoms with Crippen LogP contribution in [0.15, 0.2) is 42.7 Å². The molecule has 1 aliphatic carbocycles. The number of anilines is 3. The van der Waals surface area contributed by atoms with Crippen LogP contribution in [0.4, 0.5) is 21.5 Å². The van der Waals surface area contributed by atoms with E-state index in [9.17, 15) is 14.0 Å². The number of rotatable bonds is 9. The Kier molecular flexibility index (Phi) is 7.82. The molecular weight excluding hydrogens is 463 g/mol. The molecular formula is C26H31FN6O3. The van der Waals surface area contributed by atoms with Crippen LogP contribution in [0.1, 0.15) is 48.2 Å². The smallest absolute Gasteiger partial charge is 0.252 e. The summed E-state index contributed by atoms with van der Waals surface area (Å²) < 4.78 is 21.4. The average Bonchev–Trinajstić information content (AvgIpc) is 3.51. The number of aromatic nitrogens is 3. The zero-order valence-electron chi connectivity index (χ0n) is 20.7. The zero-order chi connectivity index (χ0) is 25.7. The molecule has 0 spiro atoms. The third kappa shape index (κ3) is 6.38. The van der Waals surface area contributed by atoms with E-state index in [-0.39, 0.29) is 17.2 Å². The molecule has 0 aliphatic heterocycles. The molecule has 0 bridgehead atoms. The Labute approximate surface area is 209 Å². The fraction of sp³-hybridized carbons (Fsp3) is 0.385. The minimum atomic E-state index is -0.727. The second-order valence-electron chi connectivity index (χ2n) is 9.16. The standard InChI is InChI=1S/C26H31FN6O3/c1-16-10-19(13-24(29-16)36-3)30-22-12-18(8-9-21(22)27)25(34)32-23(11-17-6-4-5-7-17)26(35)31-20-14-28-33(2)15-20/h8-10,12-15,17,23H,4-7,11H2,1-3H3,(H,29,30)(H,31,35)(H,32,34)/t23-/m0/s1. The SMILES string of the molecule is COc1cc(Nc2cc(C(=O)N[C@@H](CC3CCCC3)C(=O)Nc3cnn(C)c3)ccc2F)cc(C)n1. The van der Waals surface area contributed by atoms with E-state index in [4.69, 9.17) is 4.74 Å². The Morgan fingerprint density at radius 1 is 1.19 bits per heavy atom. The van der Waals surface area contributed by atoms with Gasteiger partial charge in [0.1, 0.15) is 11.9 Å². The highest BCUT2D eigenvalue weighted by atomic mass is 19.1. The maximum absolute atomic E-state index is 14.6. The number of carbonyl (C=O) groups excluding carboxylic acids is 2. The van der Waals surface area contributed by atoms with E-state index in [1.807, 2.05) is 0 Å². The molecule has 1 aromatic carbocycles. The van der Waals surface area contributed by atoms with Crippen LogP contribution in [0.5, 0.6) is 5.88 Å². The molecule has 1 fully saturated rings. The number of pyridine rings is 1. The molecule has 2 amide bonds. The maximum Gasteiger partial charge on any atom is 0.252 e. The van der Waals surface area contributed by atoms with Gasteiger partial charge in [0.05, 0.1) is 24.7 Å². The molecule has 10 heteroatoms. The summed E-state index contributed by atoms with van der Waals surface area (Å²) in [7, 11) is 3.26. The highest BCUT2D eigenvalue weighted by molar-refractivity contribution is 6.01. The van der Waals surface area contributed by atoms with Crippen LogP contribution < -0.4 is 20.7 Å². The first-order valence-corrected chi connectivity index (χ1v) is 12.0. The zero-order valence-corrected chi connectivity index (χ0v) is 20.7. The molecule has 1 saturated carbocycles. The third-order valence-corrected chi connectivity index (χ3v) is 6.28. The van der Waals surface area contributed by atoms with Crippen molar-refractivity contribution >= 4 is 28.9 Å². The van der Waals surface area contributed by atoms with E-state index >= 15 is 0 Å². The molecule has 9 nitrogen and oxygen atoms in total. The lowest BCUT2D eigenvalue weighted by molar-refractivity contribution is -0.118. The summed E-state index contributed by atoms with van der Waals surface area (Å²) in [5.74, 6) is -0.516. The molecule has 0 radical (unpaired) electrons. The van der Waals surface area contributed by atoms with Crippen molar-refractivity contribution < 1.29 is 18.7 Å². The molecule has 36 heavy (non-hydrogen) atoms. The summed E-state index contributed by atoms with van der Waals surface area (Å²) in [5, 5.41) is 12.8. The van der Waals surface area contributed by atoms with E-state index in [0.29, 0.717) is 35.3 Å². The molecule has 2 heterocycles. The van der Waals surface area contributed by atoms with E-state index < -0.39 is 17.8 Å². The topological polar surface area (TPSA) is 110 Å². The van der Waals surface area contributed by atoms with Crippen molar-refractivity contribution in [3.05, 3.63) is 59.8 Å². The fourth-order valence-corrected chi connectivity index (χ4v) is 4.50. The van der Waals surface area contributed by atoms with Crippen molar-refractivity contribution in [2.45, 2.75) is 45.1 Å². The summed E-state index contributed by atoms with van der Waals surface area (Å²) >= 11 is 0. The predicted octanol–water partition coefficient (Wildman–Crippen LogP) is 4.33. The number of hydrogen-bond acceptors (Lipinski definition) is 6. The van der Waals surface area contributed by atoms with Crippen LogP contribution in [-0.4, -0.2) is 39.7 Å². The Hall–Kier alpha value is -3.95. The monoisotopic (exact) mass is 494 g/mol.